The molecule has 3 atom stereocenters. The van der Waals surface area contributed by atoms with Crippen LogP contribution < -0.4 is 15.2 Å². The molecule has 3 fully saturated rings. The van der Waals surface area contributed by atoms with Gasteiger partial charge < -0.3 is 20.5 Å². The summed E-state index contributed by atoms with van der Waals surface area (Å²) in [6.07, 6.45) is 1.68. The van der Waals surface area contributed by atoms with Crippen molar-refractivity contribution < 1.29 is 49.8 Å². The highest BCUT2D eigenvalue weighted by atomic mass is 32.2. The Hall–Kier alpha value is -4.60. The number of carbonyl (C=O) groups excluding carboxylic acids is 1. The average molecular weight is 774 g/mol. The lowest BCUT2D eigenvalue weighted by molar-refractivity contribution is -0.192. The molecule has 1 amide bonds. The van der Waals surface area contributed by atoms with Gasteiger partial charge in [-0.05, 0) is 97.5 Å². The van der Waals surface area contributed by atoms with Crippen molar-refractivity contribution in [2.45, 2.75) is 98.6 Å². The van der Waals surface area contributed by atoms with Crippen molar-refractivity contribution in [3.63, 3.8) is 0 Å². The van der Waals surface area contributed by atoms with Crippen LogP contribution in [0.25, 0.3) is 21.9 Å². The number of carboxylic acids is 1. The van der Waals surface area contributed by atoms with Crippen molar-refractivity contribution in [3.8, 4) is 16.9 Å². The Balaban J connectivity index is 0.000000649. The van der Waals surface area contributed by atoms with Crippen molar-refractivity contribution >= 4 is 32.7 Å². The van der Waals surface area contributed by atoms with E-state index in [1.165, 1.54) is 29.2 Å². The number of aliphatic carboxylic acids is 1. The molecule has 4 aromatic rings. The molecule has 1 aliphatic carbocycles. The van der Waals surface area contributed by atoms with Crippen LogP contribution in [-0.4, -0.2) is 66.7 Å². The highest BCUT2D eigenvalue weighted by Crippen LogP contribution is 2.40. The molecule has 2 aliphatic heterocycles. The molecule has 4 aromatic carbocycles. The van der Waals surface area contributed by atoms with Crippen molar-refractivity contribution in [2.24, 2.45) is 5.73 Å². The van der Waals surface area contributed by atoms with Crippen molar-refractivity contribution in [3.05, 3.63) is 96.6 Å². The van der Waals surface area contributed by atoms with E-state index in [1.807, 2.05) is 36.4 Å². The topological polar surface area (TPSA) is 139 Å². The fraction of sp³-hybridized carbons (Fsp3) is 0.385. The average Bonchev–Trinajstić information content (AvgIpc) is 3.75. The number of hydrogen-bond acceptors (Lipinski definition) is 6. The Bertz CT molecular complexity index is 2060. The minimum Gasteiger partial charge on any atom is -0.490 e. The van der Waals surface area contributed by atoms with E-state index in [4.69, 9.17) is 20.4 Å². The highest BCUT2D eigenvalue weighted by molar-refractivity contribution is 7.89. The molecule has 2 heterocycles. The first-order valence-electron chi connectivity index (χ1n) is 17.7. The summed E-state index contributed by atoms with van der Waals surface area (Å²) in [6.45, 7) is 0. The Labute approximate surface area is 309 Å². The number of hydrogen-bond donors (Lipinski definition) is 3. The summed E-state index contributed by atoms with van der Waals surface area (Å²) < 4.78 is 101. The first-order valence-corrected chi connectivity index (χ1v) is 19.2. The smallest absolute Gasteiger partial charge is 0.490 e. The predicted octanol–water partition coefficient (Wildman–Crippen LogP) is 7.38. The number of amides is 1. The zero-order chi connectivity index (χ0) is 38.8. The molecule has 3 aliphatic rings. The summed E-state index contributed by atoms with van der Waals surface area (Å²) in [5, 5.41) is 8.50. The van der Waals surface area contributed by atoms with Crippen LogP contribution in [0, 0.1) is 0 Å². The van der Waals surface area contributed by atoms with Gasteiger partial charge in [-0.3, -0.25) is 4.79 Å². The van der Waals surface area contributed by atoms with Gasteiger partial charge in [-0.1, -0.05) is 66.7 Å². The molecule has 2 bridgehead atoms. The van der Waals surface area contributed by atoms with Gasteiger partial charge in [0.15, 0.2) is 6.04 Å². The number of nitrogens with one attached hydrogen (secondary N) is 1. The molecule has 9 nitrogen and oxygen atoms in total. The number of ether oxygens (including phenoxy) is 1. The summed E-state index contributed by atoms with van der Waals surface area (Å²) in [5.74, 6) is -6.84. The number of nitrogens with zero attached hydrogens (tertiary/aromatic N) is 1. The lowest BCUT2D eigenvalue weighted by Gasteiger charge is -2.41. The third-order valence-electron chi connectivity index (χ3n) is 10.2. The van der Waals surface area contributed by atoms with Gasteiger partial charge in [0, 0.05) is 23.7 Å². The molecular weight excluding hydrogens is 734 g/mol. The van der Waals surface area contributed by atoms with Gasteiger partial charge in [0.05, 0.1) is 11.0 Å². The predicted molar refractivity (Wildman–Crippen MR) is 191 cm³/mol. The SMILES string of the molecule is NC1CC2CCC(C1)N2C(=O)[C@H](NS(=O)(=O)c1ccc2cc(OC3CCCC3)ccc2c1)C(F)(F)c1ccc(-c2ccccc2)cc1.O=C(O)C(F)(F)F. The van der Waals surface area contributed by atoms with Gasteiger partial charge in [-0.15, -0.1) is 0 Å². The summed E-state index contributed by atoms with van der Waals surface area (Å²) in [7, 11) is -4.56. The van der Waals surface area contributed by atoms with E-state index >= 15 is 8.78 Å². The third kappa shape index (κ3) is 8.68. The number of rotatable bonds is 9. The van der Waals surface area contributed by atoms with E-state index in [2.05, 4.69) is 4.72 Å². The van der Waals surface area contributed by atoms with Crippen LogP contribution in [0.3, 0.4) is 0 Å². The number of sulfonamides is 1. The molecule has 2 unspecified atom stereocenters. The van der Waals surface area contributed by atoms with Crippen molar-refractivity contribution in [2.75, 3.05) is 0 Å². The number of nitrogens with two attached hydrogens (primary N) is 1. The highest BCUT2D eigenvalue weighted by Gasteiger charge is 2.53. The van der Waals surface area contributed by atoms with Gasteiger partial charge in [-0.25, -0.2) is 13.2 Å². The first kappa shape index (κ1) is 39.1. The maximum Gasteiger partial charge on any atom is 0.490 e. The largest absolute Gasteiger partial charge is 0.490 e. The molecule has 15 heteroatoms. The van der Waals surface area contributed by atoms with Crippen molar-refractivity contribution in [1.82, 2.24) is 9.62 Å². The van der Waals surface area contributed by atoms with Crippen LogP contribution in [-0.2, 0) is 25.5 Å². The molecule has 7 rings (SSSR count). The van der Waals surface area contributed by atoms with Gasteiger partial charge in [0.2, 0.25) is 15.9 Å². The van der Waals surface area contributed by atoms with Gasteiger partial charge in [-0.2, -0.15) is 26.7 Å². The normalized spacial score (nSPS) is 21.0. The zero-order valence-electron chi connectivity index (χ0n) is 29.0. The summed E-state index contributed by atoms with van der Waals surface area (Å²) >= 11 is 0. The summed E-state index contributed by atoms with van der Waals surface area (Å²) in [5.41, 5.74) is 7.33. The van der Waals surface area contributed by atoms with Gasteiger partial charge in [0.25, 0.3) is 5.92 Å². The summed E-state index contributed by atoms with van der Waals surface area (Å²) in [4.78, 5) is 24.3. The molecule has 288 valence electrons. The van der Waals surface area contributed by atoms with Crippen LogP contribution in [0.15, 0.2) is 95.9 Å². The van der Waals surface area contributed by atoms with Crippen LogP contribution in [0.5, 0.6) is 5.75 Å². The van der Waals surface area contributed by atoms with Gasteiger partial charge >= 0.3 is 12.1 Å². The van der Waals surface area contributed by atoms with Crippen LogP contribution in [0.1, 0.15) is 56.9 Å². The Kier molecular flexibility index (Phi) is 11.3. The fourth-order valence-corrected chi connectivity index (χ4v) is 8.78. The number of benzene rings is 4. The number of halogens is 5. The Morgan fingerprint density at radius 3 is 1.94 bits per heavy atom. The first-order chi connectivity index (χ1) is 25.5. The number of fused-ring (bicyclic) bond motifs is 3. The lowest BCUT2D eigenvalue weighted by Crippen LogP contribution is -2.60. The van der Waals surface area contributed by atoms with E-state index < -0.39 is 45.6 Å². The zero-order valence-corrected chi connectivity index (χ0v) is 29.8. The van der Waals surface area contributed by atoms with Gasteiger partial charge in [0.1, 0.15) is 5.75 Å². The minimum atomic E-state index is -5.08. The number of carbonyl (C=O) groups is 2. The second-order valence-electron chi connectivity index (χ2n) is 14.0. The molecule has 1 saturated carbocycles. The molecule has 4 N–H and O–H groups in total. The number of piperidine rings is 1. The molecule has 0 spiro atoms. The monoisotopic (exact) mass is 773 g/mol. The standard InChI is InChI=1S/C37H39F2N3O4S.C2HF3O2/c38-37(39,28-14-10-25(11-15-28)24-6-2-1-3-7-24)35(36(43)42-30-16-17-31(42)23-29(40)22-30)41-47(44,45)34-19-13-26-20-33(18-12-27(26)21-34)46-32-8-4-5-9-32;3-2(4,5)1(6)7/h1-3,6-7,10-15,18-21,29-32,35,41H,4-5,8-9,16-17,22-23,40H2;(H,6,7)/t29?,30?,31?,35-;/m0./s1. The van der Waals surface area contributed by atoms with Crippen LogP contribution in [0.4, 0.5) is 22.0 Å². The molecule has 0 aromatic heterocycles. The quantitative estimate of drug-likeness (QED) is 0.151. The molecular formula is C39H40F5N3O6S. The molecule has 2 saturated heterocycles. The second kappa shape index (κ2) is 15.6. The van der Waals surface area contributed by atoms with E-state index in [9.17, 15) is 26.4 Å². The molecule has 0 radical (unpaired) electrons. The van der Waals surface area contributed by atoms with E-state index in [-0.39, 0.29) is 29.1 Å². The maximum atomic E-state index is 16.6. The lowest BCUT2D eigenvalue weighted by atomic mass is 9.94. The number of alkyl halides is 5. The van der Waals surface area contributed by atoms with E-state index in [0.717, 1.165) is 42.2 Å². The maximum absolute atomic E-state index is 16.6. The van der Waals surface area contributed by atoms with E-state index in [1.54, 1.807) is 30.3 Å². The van der Waals surface area contributed by atoms with Crippen LogP contribution >= 0.6 is 0 Å². The summed E-state index contributed by atoms with van der Waals surface area (Å²) in [6, 6.07) is 21.7. The van der Waals surface area contributed by atoms with Crippen molar-refractivity contribution in [1.29, 1.82) is 0 Å². The Morgan fingerprint density at radius 1 is 0.796 bits per heavy atom. The van der Waals surface area contributed by atoms with E-state index in [0.29, 0.717) is 36.8 Å². The second-order valence-corrected chi connectivity index (χ2v) is 15.7. The third-order valence-corrected chi connectivity index (χ3v) is 11.6. The fourth-order valence-electron chi connectivity index (χ4n) is 7.55. The van der Waals surface area contributed by atoms with Crippen LogP contribution in [0.2, 0.25) is 0 Å². The number of carboxylic acid groups (broad SMARTS) is 1. The Morgan fingerprint density at radius 2 is 1.35 bits per heavy atom. The molecule has 54 heavy (non-hydrogen) atoms. The minimum absolute atomic E-state index is 0.126.